The fraction of sp³-hybridized carbons (Fsp3) is 0.318. The molecule has 3 aromatic rings. The Morgan fingerprint density at radius 3 is 2.54 bits per heavy atom. The number of piperidine rings is 1. The first-order valence-corrected chi connectivity index (χ1v) is 9.38. The number of carbonyl (C=O) groups excluding carboxylic acids is 1. The predicted octanol–water partition coefficient (Wildman–Crippen LogP) is 4.34. The number of carbonyl (C=O) groups is 1. The molecule has 5 nitrogen and oxygen atoms in total. The van der Waals surface area contributed by atoms with Gasteiger partial charge in [-0.25, -0.2) is 4.39 Å². The minimum atomic E-state index is -0.240. The van der Waals surface area contributed by atoms with Gasteiger partial charge in [-0.05, 0) is 60.7 Å². The van der Waals surface area contributed by atoms with Crippen LogP contribution in [0.2, 0.25) is 0 Å². The van der Waals surface area contributed by atoms with Gasteiger partial charge >= 0.3 is 0 Å². The Hall–Kier alpha value is -3.02. The van der Waals surface area contributed by atoms with Gasteiger partial charge in [0.2, 0.25) is 0 Å². The van der Waals surface area contributed by atoms with Crippen molar-refractivity contribution in [2.24, 2.45) is 0 Å². The van der Waals surface area contributed by atoms with Gasteiger partial charge in [0.1, 0.15) is 5.82 Å². The lowest BCUT2D eigenvalue weighted by molar-refractivity contribution is 0.0713. The van der Waals surface area contributed by atoms with E-state index in [2.05, 4.69) is 4.98 Å². The molecule has 1 fully saturated rings. The molecule has 146 valence electrons. The molecule has 1 aliphatic rings. The van der Waals surface area contributed by atoms with Crippen molar-refractivity contribution < 1.29 is 18.7 Å². The van der Waals surface area contributed by atoms with Crippen LogP contribution in [0.15, 0.2) is 42.6 Å². The summed E-state index contributed by atoms with van der Waals surface area (Å²) >= 11 is 0. The van der Waals surface area contributed by atoms with Gasteiger partial charge in [0.05, 0.1) is 14.2 Å². The summed E-state index contributed by atoms with van der Waals surface area (Å²) in [6, 6.07) is 10.1. The number of H-pyrrole nitrogens is 1. The van der Waals surface area contributed by atoms with Crippen molar-refractivity contribution in [3.8, 4) is 11.5 Å². The molecule has 28 heavy (non-hydrogen) atoms. The second kappa shape index (κ2) is 7.54. The number of amides is 1. The van der Waals surface area contributed by atoms with Crippen LogP contribution >= 0.6 is 0 Å². The van der Waals surface area contributed by atoms with Crippen LogP contribution < -0.4 is 9.47 Å². The highest BCUT2D eigenvalue weighted by Gasteiger charge is 2.26. The average Bonchev–Trinajstić information content (AvgIpc) is 3.15. The third-order valence-electron chi connectivity index (χ3n) is 5.53. The number of methoxy groups -OCH3 is 2. The van der Waals surface area contributed by atoms with E-state index >= 15 is 0 Å². The van der Waals surface area contributed by atoms with E-state index in [0.29, 0.717) is 36.1 Å². The van der Waals surface area contributed by atoms with E-state index in [-0.39, 0.29) is 11.7 Å². The number of aromatic amines is 1. The van der Waals surface area contributed by atoms with Gasteiger partial charge in [0.15, 0.2) is 11.5 Å². The number of fused-ring (bicyclic) bond motifs is 1. The van der Waals surface area contributed by atoms with Gasteiger partial charge in [-0.2, -0.15) is 0 Å². The van der Waals surface area contributed by atoms with Crippen LogP contribution in [0.25, 0.3) is 10.9 Å². The number of likely N-dealkylation sites (tertiary alicyclic amines) is 1. The monoisotopic (exact) mass is 382 g/mol. The Balaban J connectivity index is 1.47. The largest absolute Gasteiger partial charge is 0.493 e. The summed E-state index contributed by atoms with van der Waals surface area (Å²) in [5.41, 5.74) is 2.62. The van der Waals surface area contributed by atoms with Gasteiger partial charge in [-0.3, -0.25) is 4.79 Å². The zero-order chi connectivity index (χ0) is 19.7. The highest BCUT2D eigenvalue weighted by molar-refractivity contribution is 5.95. The van der Waals surface area contributed by atoms with Crippen molar-refractivity contribution in [2.75, 3.05) is 27.3 Å². The number of aromatic nitrogens is 1. The van der Waals surface area contributed by atoms with E-state index in [1.165, 1.54) is 17.7 Å². The maximum absolute atomic E-state index is 13.4. The lowest BCUT2D eigenvalue weighted by atomic mass is 9.89. The van der Waals surface area contributed by atoms with E-state index in [1.807, 2.05) is 17.2 Å². The first kappa shape index (κ1) is 18.3. The number of nitrogens with one attached hydrogen (secondary N) is 1. The summed E-state index contributed by atoms with van der Waals surface area (Å²) in [7, 11) is 3.13. The molecular weight excluding hydrogens is 359 g/mol. The molecule has 0 bridgehead atoms. The van der Waals surface area contributed by atoms with Crippen molar-refractivity contribution in [2.45, 2.75) is 18.8 Å². The molecule has 1 amide bonds. The Bertz CT molecular complexity index is 1010. The molecule has 1 saturated heterocycles. The zero-order valence-corrected chi connectivity index (χ0v) is 16.0. The van der Waals surface area contributed by atoms with Crippen molar-refractivity contribution in [1.29, 1.82) is 0 Å². The molecule has 4 rings (SSSR count). The van der Waals surface area contributed by atoms with E-state index in [0.717, 1.165) is 23.7 Å². The normalized spacial score (nSPS) is 15.0. The molecular formula is C22H23FN2O3. The molecule has 6 heteroatoms. The molecule has 0 atom stereocenters. The first-order valence-electron chi connectivity index (χ1n) is 9.38. The molecule has 1 N–H and O–H groups in total. The van der Waals surface area contributed by atoms with E-state index in [1.54, 1.807) is 32.4 Å². The number of nitrogens with zero attached hydrogens (tertiary/aromatic N) is 1. The Morgan fingerprint density at radius 2 is 1.82 bits per heavy atom. The quantitative estimate of drug-likeness (QED) is 0.730. The molecule has 2 heterocycles. The van der Waals surface area contributed by atoms with Gasteiger partial charge in [0, 0.05) is 35.8 Å². The second-order valence-corrected chi connectivity index (χ2v) is 7.07. The minimum Gasteiger partial charge on any atom is -0.493 e. The molecule has 0 saturated carbocycles. The SMILES string of the molecule is COc1ccc(C(=O)N2CCC(c3c[nH]c4cc(F)ccc34)CC2)cc1OC. The summed E-state index contributed by atoms with van der Waals surface area (Å²) in [4.78, 5) is 17.9. The Morgan fingerprint density at radius 1 is 1.07 bits per heavy atom. The van der Waals surface area contributed by atoms with Crippen molar-refractivity contribution >= 4 is 16.8 Å². The second-order valence-electron chi connectivity index (χ2n) is 7.07. The number of rotatable bonds is 4. The highest BCUT2D eigenvalue weighted by atomic mass is 19.1. The predicted molar refractivity (Wildman–Crippen MR) is 106 cm³/mol. The smallest absolute Gasteiger partial charge is 0.253 e. The van der Waals surface area contributed by atoms with Crippen LogP contribution in [0.3, 0.4) is 0 Å². The van der Waals surface area contributed by atoms with Crippen LogP contribution in [0.4, 0.5) is 4.39 Å². The number of ether oxygens (including phenoxy) is 2. The molecule has 0 unspecified atom stereocenters. The van der Waals surface area contributed by atoms with Gasteiger partial charge in [-0.1, -0.05) is 0 Å². The molecule has 1 aliphatic heterocycles. The summed E-state index contributed by atoms with van der Waals surface area (Å²) < 4.78 is 24.0. The van der Waals surface area contributed by atoms with Crippen LogP contribution in [-0.2, 0) is 0 Å². The van der Waals surface area contributed by atoms with Crippen molar-refractivity contribution in [3.05, 3.63) is 59.5 Å². The number of halogens is 1. The summed E-state index contributed by atoms with van der Waals surface area (Å²) in [6.45, 7) is 1.37. The summed E-state index contributed by atoms with van der Waals surface area (Å²) in [5.74, 6) is 1.27. The first-order chi connectivity index (χ1) is 13.6. The van der Waals surface area contributed by atoms with Gasteiger partial charge in [0.25, 0.3) is 5.91 Å². The molecule has 0 aliphatic carbocycles. The number of hydrogen-bond donors (Lipinski definition) is 1. The Kier molecular flexibility index (Phi) is 4.94. The standard InChI is InChI=1S/C22H23FN2O3/c1-27-20-6-3-15(11-21(20)28-2)22(26)25-9-7-14(8-10-25)18-13-24-19-12-16(23)4-5-17(18)19/h3-6,11-14,24H,7-10H2,1-2H3. The van der Waals surface area contributed by atoms with Crippen molar-refractivity contribution in [1.82, 2.24) is 9.88 Å². The van der Waals surface area contributed by atoms with Crippen LogP contribution in [-0.4, -0.2) is 43.1 Å². The fourth-order valence-corrected chi connectivity index (χ4v) is 4.00. The third-order valence-corrected chi connectivity index (χ3v) is 5.53. The molecule has 1 aromatic heterocycles. The number of hydrogen-bond acceptors (Lipinski definition) is 3. The third kappa shape index (κ3) is 3.30. The maximum Gasteiger partial charge on any atom is 0.253 e. The maximum atomic E-state index is 13.4. The molecule has 2 aromatic carbocycles. The van der Waals surface area contributed by atoms with E-state index in [9.17, 15) is 9.18 Å². The van der Waals surface area contributed by atoms with E-state index < -0.39 is 0 Å². The molecule has 0 radical (unpaired) electrons. The minimum absolute atomic E-state index is 0.000371. The van der Waals surface area contributed by atoms with Crippen LogP contribution in [0.5, 0.6) is 11.5 Å². The lowest BCUT2D eigenvalue weighted by Gasteiger charge is -2.32. The summed E-state index contributed by atoms with van der Waals surface area (Å²) in [6.07, 6.45) is 3.73. The van der Waals surface area contributed by atoms with Gasteiger partial charge in [-0.15, -0.1) is 0 Å². The van der Waals surface area contributed by atoms with Gasteiger partial charge < -0.3 is 19.4 Å². The Labute approximate surface area is 163 Å². The average molecular weight is 382 g/mol. The van der Waals surface area contributed by atoms with Crippen LogP contribution in [0.1, 0.15) is 34.7 Å². The van der Waals surface area contributed by atoms with E-state index in [4.69, 9.17) is 9.47 Å². The zero-order valence-electron chi connectivity index (χ0n) is 16.0. The van der Waals surface area contributed by atoms with Crippen molar-refractivity contribution in [3.63, 3.8) is 0 Å². The topological polar surface area (TPSA) is 54.6 Å². The molecule has 0 spiro atoms. The van der Waals surface area contributed by atoms with Crippen LogP contribution in [0, 0.1) is 5.82 Å². The fourth-order valence-electron chi connectivity index (χ4n) is 4.00. The number of benzene rings is 2. The highest BCUT2D eigenvalue weighted by Crippen LogP contribution is 2.34. The summed E-state index contributed by atoms with van der Waals surface area (Å²) in [5, 5.41) is 1.06. The lowest BCUT2D eigenvalue weighted by Crippen LogP contribution is -2.37.